The van der Waals surface area contributed by atoms with Gasteiger partial charge in [0.25, 0.3) is 5.91 Å². The molecule has 2 N–H and O–H groups in total. The number of amides is 1. The number of H-pyrrole nitrogens is 1. The largest absolute Gasteiger partial charge is 0.497 e. The number of aromatic nitrogens is 1. The first-order valence-corrected chi connectivity index (χ1v) is 10.4. The van der Waals surface area contributed by atoms with E-state index >= 15 is 0 Å². The monoisotopic (exact) mass is 414 g/mol. The fraction of sp³-hybridized carbons (Fsp3) is 0.192. The normalized spacial score (nSPS) is 11.8. The molecule has 158 valence electrons. The van der Waals surface area contributed by atoms with Gasteiger partial charge < -0.3 is 19.8 Å². The molecule has 1 aromatic heterocycles. The quantitative estimate of drug-likeness (QED) is 0.420. The number of benzene rings is 3. The van der Waals surface area contributed by atoms with Gasteiger partial charge in [-0.3, -0.25) is 4.79 Å². The van der Waals surface area contributed by atoms with Gasteiger partial charge in [0.2, 0.25) is 0 Å². The summed E-state index contributed by atoms with van der Waals surface area (Å²) in [5, 5.41) is 4.26. The fourth-order valence-corrected chi connectivity index (χ4v) is 3.85. The highest BCUT2D eigenvalue weighted by molar-refractivity contribution is 5.97. The second kappa shape index (κ2) is 9.39. The number of carbonyl (C=O) groups is 1. The van der Waals surface area contributed by atoms with Crippen molar-refractivity contribution in [1.82, 2.24) is 10.3 Å². The minimum Gasteiger partial charge on any atom is -0.497 e. The Bertz CT molecular complexity index is 1160. The first kappa shape index (κ1) is 20.5. The molecule has 0 saturated heterocycles. The molecule has 0 aliphatic rings. The van der Waals surface area contributed by atoms with Crippen molar-refractivity contribution >= 4 is 16.8 Å². The number of nitrogens with one attached hydrogen (secondary N) is 2. The van der Waals surface area contributed by atoms with Crippen LogP contribution in [0.2, 0.25) is 0 Å². The molecule has 1 amide bonds. The highest BCUT2D eigenvalue weighted by Crippen LogP contribution is 2.31. The van der Waals surface area contributed by atoms with Crippen molar-refractivity contribution in [2.45, 2.75) is 12.8 Å². The van der Waals surface area contributed by atoms with Gasteiger partial charge in [0.1, 0.15) is 11.5 Å². The molecule has 5 heteroatoms. The maximum absolute atomic E-state index is 13.0. The molecular weight excluding hydrogens is 388 g/mol. The van der Waals surface area contributed by atoms with Crippen LogP contribution >= 0.6 is 0 Å². The van der Waals surface area contributed by atoms with E-state index in [9.17, 15) is 4.79 Å². The standard InChI is InChI=1S/C26H26N2O3/c1-3-31-25-11-7-5-9-21(25)26(29)28-16-22(18-12-14-19(30-2)15-13-18)23-17-27-24-10-6-4-8-20(23)24/h4-15,17,22,27H,3,16H2,1-2H3,(H,28,29). The lowest BCUT2D eigenvalue weighted by Crippen LogP contribution is -2.29. The highest BCUT2D eigenvalue weighted by Gasteiger charge is 2.20. The summed E-state index contributed by atoms with van der Waals surface area (Å²) in [6.07, 6.45) is 2.03. The smallest absolute Gasteiger partial charge is 0.255 e. The average Bonchev–Trinajstić information content (AvgIpc) is 3.24. The van der Waals surface area contributed by atoms with E-state index in [0.717, 1.165) is 27.8 Å². The fourth-order valence-electron chi connectivity index (χ4n) is 3.85. The van der Waals surface area contributed by atoms with E-state index in [4.69, 9.17) is 9.47 Å². The lowest BCUT2D eigenvalue weighted by atomic mass is 9.90. The molecule has 4 rings (SSSR count). The summed E-state index contributed by atoms with van der Waals surface area (Å²) in [5.41, 5.74) is 3.85. The van der Waals surface area contributed by atoms with Crippen molar-refractivity contribution in [3.05, 3.63) is 95.7 Å². The predicted molar refractivity (Wildman–Crippen MR) is 123 cm³/mol. The number of hydrogen-bond acceptors (Lipinski definition) is 3. The van der Waals surface area contributed by atoms with E-state index in [2.05, 4.69) is 22.4 Å². The van der Waals surface area contributed by atoms with Gasteiger partial charge in [-0.2, -0.15) is 0 Å². The minimum atomic E-state index is -0.151. The second-order valence-corrected chi connectivity index (χ2v) is 7.25. The van der Waals surface area contributed by atoms with Gasteiger partial charge >= 0.3 is 0 Å². The molecule has 31 heavy (non-hydrogen) atoms. The molecule has 0 fully saturated rings. The van der Waals surface area contributed by atoms with Crippen LogP contribution in [0.15, 0.2) is 79.0 Å². The average molecular weight is 415 g/mol. The molecule has 1 unspecified atom stereocenters. The zero-order valence-corrected chi connectivity index (χ0v) is 17.7. The topological polar surface area (TPSA) is 63.4 Å². The van der Waals surface area contributed by atoms with E-state index in [1.807, 2.05) is 67.7 Å². The highest BCUT2D eigenvalue weighted by atomic mass is 16.5. The molecule has 5 nitrogen and oxygen atoms in total. The minimum absolute atomic E-state index is 0.0229. The first-order valence-electron chi connectivity index (χ1n) is 10.4. The van der Waals surface area contributed by atoms with Gasteiger partial charge in [-0.1, -0.05) is 42.5 Å². The Morgan fingerprint density at radius 2 is 1.74 bits per heavy atom. The SMILES string of the molecule is CCOc1ccccc1C(=O)NCC(c1ccc(OC)cc1)c1c[nH]c2ccccc12. The zero-order valence-electron chi connectivity index (χ0n) is 17.7. The second-order valence-electron chi connectivity index (χ2n) is 7.25. The molecule has 0 aliphatic heterocycles. The third kappa shape index (κ3) is 4.40. The summed E-state index contributed by atoms with van der Waals surface area (Å²) in [5.74, 6) is 1.22. The lowest BCUT2D eigenvalue weighted by molar-refractivity contribution is 0.0948. The van der Waals surface area contributed by atoms with Crippen LogP contribution in [0.25, 0.3) is 10.9 Å². The Kier molecular flexibility index (Phi) is 6.22. The predicted octanol–water partition coefficient (Wildman–Crippen LogP) is 5.14. The van der Waals surface area contributed by atoms with E-state index in [-0.39, 0.29) is 11.8 Å². The summed E-state index contributed by atoms with van der Waals surface area (Å²) in [4.78, 5) is 16.3. The summed E-state index contributed by atoms with van der Waals surface area (Å²) < 4.78 is 10.9. The van der Waals surface area contributed by atoms with Crippen molar-refractivity contribution in [3.63, 3.8) is 0 Å². The van der Waals surface area contributed by atoms with Gasteiger partial charge in [-0.15, -0.1) is 0 Å². The zero-order chi connectivity index (χ0) is 21.6. The van der Waals surface area contributed by atoms with Crippen LogP contribution in [-0.4, -0.2) is 31.2 Å². The summed E-state index contributed by atoms with van der Waals surface area (Å²) in [6.45, 7) is 2.87. The number of rotatable bonds is 8. The van der Waals surface area contributed by atoms with Gasteiger partial charge in [-0.25, -0.2) is 0 Å². The number of methoxy groups -OCH3 is 1. The van der Waals surface area contributed by atoms with Gasteiger partial charge in [-0.05, 0) is 48.4 Å². The van der Waals surface area contributed by atoms with Crippen molar-refractivity contribution < 1.29 is 14.3 Å². The molecule has 4 aromatic rings. The molecule has 0 saturated carbocycles. The van der Waals surface area contributed by atoms with Crippen LogP contribution in [0.1, 0.15) is 34.3 Å². The molecule has 1 atom stereocenters. The van der Waals surface area contributed by atoms with Crippen LogP contribution in [0.5, 0.6) is 11.5 Å². The van der Waals surface area contributed by atoms with Gasteiger partial charge in [0, 0.05) is 29.6 Å². The summed E-state index contributed by atoms with van der Waals surface area (Å²) in [7, 11) is 1.65. The lowest BCUT2D eigenvalue weighted by Gasteiger charge is -2.19. The third-order valence-corrected chi connectivity index (χ3v) is 5.41. The number of carbonyl (C=O) groups excluding carboxylic acids is 1. The number of ether oxygens (including phenoxy) is 2. The Morgan fingerprint density at radius 3 is 2.52 bits per heavy atom. The van der Waals surface area contributed by atoms with E-state index in [1.54, 1.807) is 13.2 Å². The molecule has 3 aromatic carbocycles. The maximum atomic E-state index is 13.0. The molecule has 1 heterocycles. The Balaban J connectivity index is 1.64. The Labute approximate surface area is 182 Å². The van der Waals surface area contributed by atoms with Crippen LogP contribution in [-0.2, 0) is 0 Å². The molecule has 0 aliphatic carbocycles. The van der Waals surface area contributed by atoms with Gasteiger partial charge in [0.05, 0.1) is 19.3 Å². The summed E-state index contributed by atoms with van der Waals surface area (Å²) in [6, 6.07) is 23.5. The van der Waals surface area contributed by atoms with Crippen molar-refractivity contribution in [2.75, 3.05) is 20.3 Å². The summed E-state index contributed by atoms with van der Waals surface area (Å²) >= 11 is 0. The van der Waals surface area contributed by atoms with Crippen LogP contribution in [0, 0.1) is 0 Å². The third-order valence-electron chi connectivity index (χ3n) is 5.41. The van der Waals surface area contributed by atoms with Crippen molar-refractivity contribution in [3.8, 4) is 11.5 Å². The number of fused-ring (bicyclic) bond motifs is 1. The van der Waals surface area contributed by atoms with Crippen molar-refractivity contribution in [1.29, 1.82) is 0 Å². The van der Waals surface area contributed by atoms with Crippen molar-refractivity contribution in [2.24, 2.45) is 0 Å². The molecule has 0 bridgehead atoms. The molecule has 0 radical (unpaired) electrons. The first-order chi connectivity index (χ1) is 15.2. The number of hydrogen-bond donors (Lipinski definition) is 2. The maximum Gasteiger partial charge on any atom is 0.255 e. The van der Waals surface area contributed by atoms with E-state index in [0.29, 0.717) is 24.5 Å². The van der Waals surface area contributed by atoms with E-state index in [1.165, 1.54) is 0 Å². The molecule has 0 spiro atoms. The molecular formula is C26H26N2O3. The van der Waals surface area contributed by atoms with Gasteiger partial charge in [0.15, 0.2) is 0 Å². The van der Waals surface area contributed by atoms with E-state index < -0.39 is 0 Å². The van der Waals surface area contributed by atoms with Crippen LogP contribution in [0.3, 0.4) is 0 Å². The van der Waals surface area contributed by atoms with Crippen LogP contribution < -0.4 is 14.8 Å². The van der Waals surface area contributed by atoms with Crippen LogP contribution in [0.4, 0.5) is 0 Å². The Morgan fingerprint density at radius 1 is 1.00 bits per heavy atom. The Hall–Kier alpha value is -3.73. The number of para-hydroxylation sites is 2. The number of aromatic amines is 1.